The van der Waals surface area contributed by atoms with Crippen molar-refractivity contribution in [3.63, 3.8) is 0 Å². The van der Waals surface area contributed by atoms with Crippen molar-refractivity contribution in [1.29, 1.82) is 0 Å². The molecule has 5 nitrogen and oxygen atoms in total. The summed E-state index contributed by atoms with van der Waals surface area (Å²) in [5, 5.41) is 3.07. The van der Waals surface area contributed by atoms with Gasteiger partial charge in [-0.25, -0.2) is 8.42 Å². The maximum absolute atomic E-state index is 12.6. The minimum Gasteiger partial charge on any atom is -0.352 e. The number of unbranched alkanes of at least 4 members (excludes halogenated alkanes) is 1. The first-order chi connectivity index (χ1) is 17.8. The smallest absolute Gasteiger partial charge is 0.251 e. The Morgan fingerprint density at radius 2 is 1.65 bits per heavy atom. The van der Waals surface area contributed by atoms with Gasteiger partial charge in [-0.2, -0.15) is 0 Å². The summed E-state index contributed by atoms with van der Waals surface area (Å²) in [6.07, 6.45) is 7.28. The molecule has 4 rings (SSSR count). The van der Waals surface area contributed by atoms with Crippen LogP contribution in [0.25, 0.3) is 11.1 Å². The first-order valence-electron chi connectivity index (χ1n) is 13.3. The molecule has 1 N–H and O–H groups in total. The quantitative estimate of drug-likeness (QED) is 0.339. The van der Waals surface area contributed by atoms with Gasteiger partial charge >= 0.3 is 0 Å². The lowest BCUT2D eigenvalue weighted by Gasteiger charge is -2.35. The van der Waals surface area contributed by atoms with Crippen LogP contribution in [0.4, 0.5) is 0 Å². The van der Waals surface area contributed by atoms with Crippen LogP contribution in [0.3, 0.4) is 0 Å². The molecule has 1 aliphatic rings. The maximum atomic E-state index is 12.6. The molecule has 0 aliphatic heterocycles. The van der Waals surface area contributed by atoms with E-state index >= 15 is 0 Å². The van der Waals surface area contributed by atoms with E-state index < -0.39 is 9.84 Å². The van der Waals surface area contributed by atoms with E-state index in [-0.39, 0.29) is 5.91 Å². The van der Waals surface area contributed by atoms with Crippen molar-refractivity contribution >= 4 is 15.7 Å². The normalized spacial score (nSPS) is 15.4. The second kappa shape index (κ2) is 12.5. The van der Waals surface area contributed by atoms with Gasteiger partial charge in [-0.3, -0.25) is 4.79 Å². The SMILES string of the molecule is CCCN(CCCCNC(=O)c1ccc(-c2ccccc2)cc1)[C@@H]1CCc2cc(S(C)(=O)=O)ccc2C1. The molecule has 196 valence electrons. The number of nitrogens with one attached hydrogen (secondary N) is 1. The predicted octanol–water partition coefficient (Wildman–Crippen LogP) is 5.54. The Morgan fingerprint density at radius 1 is 0.919 bits per heavy atom. The standard InChI is InChI=1S/C31H38N2O3S/c1-3-20-33(29-17-15-28-23-30(37(2,35)36)18-16-27(28)22-29)21-8-7-19-32-31(34)26-13-11-25(12-14-26)24-9-5-4-6-10-24/h4-6,9-14,16,18,23,29H,3,7-8,15,17,19-22H2,1-2H3,(H,32,34)/t29-/m1/s1. The van der Waals surface area contributed by atoms with Crippen LogP contribution in [0.15, 0.2) is 77.7 Å². The van der Waals surface area contributed by atoms with E-state index in [1.807, 2.05) is 54.6 Å². The lowest BCUT2D eigenvalue weighted by atomic mass is 9.87. The van der Waals surface area contributed by atoms with Crippen molar-refractivity contribution in [2.45, 2.75) is 56.4 Å². The van der Waals surface area contributed by atoms with Crippen LogP contribution in [0.5, 0.6) is 0 Å². The lowest BCUT2D eigenvalue weighted by Crippen LogP contribution is -2.40. The Bertz CT molecular complexity index is 1290. The highest BCUT2D eigenvalue weighted by Gasteiger charge is 2.24. The van der Waals surface area contributed by atoms with Gasteiger partial charge in [0.15, 0.2) is 9.84 Å². The maximum Gasteiger partial charge on any atom is 0.251 e. The number of nitrogens with zero attached hydrogens (tertiary/aromatic N) is 1. The minimum absolute atomic E-state index is 0.0256. The molecule has 0 bridgehead atoms. The topological polar surface area (TPSA) is 66.5 Å². The Morgan fingerprint density at radius 3 is 2.35 bits per heavy atom. The van der Waals surface area contributed by atoms with Crippen molar-refractivity contribution in [1.82, 2.24) is 10.2 Å². The average Bonchev–Trinajstić information content (AvgIpc) is 2.91. The van der Waals surface area contributed by atoms with Crippen LogP contribution >= 0.6 is 0 Å². The van der Waals surface area contributed by atoms with E-state index in [2.05, 4.69) is 29.3 Å². The highest BCUT2D eigenvalue weighted by Crippen LogP contribution is 2.27. The van der Waals surface area contributed by atoms with Crippen LogP contribution in [0.2, 0.25) is 0 Å². The number of carbonyl (C=O) groups excluding carboxylic acids is 1. The van der Waals surface area contributed by atoms with Gasteiger partial charge in [0.05, 0.1) is 4.90 Å². The first-order valence-corrected chi connectivity index (χ1v) is 15.2. The van der Waals surface area contributed by atoms with Gasteiger partial charge in [0, 0.05) is 24.4 Å². The zero-order valence-corrected chi connectivity index (χ0v) is 22.8. The van der Waals surface area contributed by atoms with Crippen molar-refractivity contribution in [3.8, 4) is 11.1 Å². The van der Waals surface area contributed by atoms with Gasteiger partial charge in [-0.1, -0.05) is 55.5 Å². The molecule has 0 heterocycles. The highest BCUT2D eigenvalue weighted by atomic mass is 32.2. The molecule has 3 aromatic rings. The molecule has 0 aromatic heterocycles. The van der Waals surface area contributed by atoms with Gasteiger partial charge in [-0.05, 0) is 98.1 Å². The van der Waals surface area contributed by atoms with Gasteiger partial charge in [-0.15, -0.1) is 0 Å². The third-order valence-electron chi connectivity index (χ3n) is 7.25. The number of hydrogen-bond donors (Lipinski definition) is 1. The fourth-order valence-corrected chi connectivity index (χ4v) is 5.88. The van der Waals surface area contributed by atoms with Crippen LogP contribution < -0.4 is 5.32 Å². The summed E-state index contributed by atoms with van der Waals surface area (Å²) in [7, 11) is -3.17. The molecule has 0 unspecified atom stereocenters. The van der Waals surface area contributed by atoms with Crippen LogP contribution in [-0.2, 0) is 22.7 Å². The molecule has 0 radical (unpaired) electrons. The number of sulfone groups is 1. The number of benzene rings is 3. The Kier molecular flexibility index (Phi) is 9.17. The summed E-state index contributed by atoms with van der Waals surface area (Å²) in [6.45, 7) is 4.95. The van der Waals surface area contributed by atoms with E-state index in [4.69, 9.17) is 0 Å². The van der Waals surface area contributed by atoms with Crippen molar-refractivity contribution < 1.29 is 13.2 Å². The lowest BCUT2D eigenvalue weighted by molar-refractivity contribution is 0.0952. The molecule has 0 spiro atoms. The summed E-state index contributed by atoms with van der Waals surface area (Å²) in [6, 6.07) is 24.0. The summed E-state index contributed by atoms with van der Waals surface area (Å²) in [5.41, 5.74) is 5.39. The molecule has 6 heteroatoms. The third-order valence-corrected chi connectivity index (χ3v) is 8.36. The van der Waals surface area contributed by atoms with E-state index in [1.54, 1.807) is 6.07 Å². The molecule has 0 fully saturated rings. The van der Waals surface area contributed by atoms with E-state index in [0.717, 1.165) is 62.7 Å². The van der Waals surface area contributed by atoms with Gasteiger partial charge in [0.2, 0.25) is 0 Å². The second-order valence-electron chi connectivity index (χ2n) is 10.0. The minimum atomic E-state index is -3.17. The van der Waals surface area contributed by atoms with Gasteiger partial charge in [0.1, 0.15) is 0 Å². The summed E-state index contributed by atoms with van der Waals surface area (Å²) in [5.74, 6) is -0.0256. The van der Waals surface area contributed by atoms with Crippen molar-refractivity contribution in [2.24, 2.45) is 0 Å². The number of amides is 1. The Hall–Kier alpha value is -2.96. The molecule has 3 aromatic carbocycles. The van der Waals surface area contributed by atoms with Crippen LogP contribution in [-0.4, -0.2) is 51.2 Å². The second-order valence-corrected chi connectivity index (χ2v) is 12.1. The molecule has 37 heavy (non-hydrogen) atoms. The van der Waals surface area contributed by atoms with Crippen molar-refractivity contribution in [3.05, 3.63) is 89.5 Å². The average molecular weight is 519 g/mol. The summed E-state index contributed by atoms with van der Waals surface area (Å²) < 4.78 is 23.8. The number of aryl methyl sites for hydroxylation is 1. The van der Waals surface area contributed by atoms with Gasteiger partial charge in [0.25, 0.3) is 5.91 Å². The zero-order valence-electron chi connectivity index (χ0n) is 21.9. The molecule has 0 saturated heterocycles. The molecular weight excluding hydrogens is 480 g/mol. The zero-order chi connectivity index (χ0) is 26.3. The fourth-order valence-electron chi connectivity index (χ4n) is 5.21. The predicted molar refractivity (Wildman–Crippen MR) is 151 cm³/mol. The van der Waals surface area contributed by atoms with Crippen LogP contribution in [0, 0.1) is 0 Å². The van der Waals surface area contributed by atoms with E-state index in [9.17, 15) is 13.2 Å². The van der Waals surface area contributed by atoms with Crippen molar-refractivity contribution in [2.75, 3.05) is 25.9 Å². The third kappa shape index (κ3) is 7.30. The number of rotatable bonds is 11. The number of hydrogen-bond acceptors (Lipinski definition) is 4. The highest BCUT2D eigenvalue weighted by molar-refractivity contribution is 7.90. The van der Waals surface area contributed by atoms with E-state index in [0.29, 0.717) is 23.0 Å². The van der Waals surface area contributed by atoms with Crippen LogP contribution in [0.1, 0.15) is 54.1 Å². The van der Waals surface area contributed by atoms with E-state index in [1.165, 1.54) is 17.4 Å². The molecule has 0 saturated carbocycles. The molecule has 1 atom stereocenters. The Labute approximate surface area is 221 Å². The molecule has 1 amide bonds. The molecule has 1 aliphatic carbocycles. The molecular formula is C31H38N2O3S. The summed E-state index contributed by atoms with van der Waals surface area (Å²) in [4.78, 5) is 15.6. The van der Waals surface area contributed by atoms with Gasteiger partial charge < -0.3 is 10.2 Å². The fraction of sp³-hybridized carbons (Fsp3) is 0.387. The Balaban J connectivity index is 1.23. The monoisotopic (exact) mass is 518 g/mol. The number of carbonyl (C=O) groups is 1. The largest absolute Gasteiger partial charge is 0.352 e. The first kappa shape index (κ1) is 27.1. The number of fused-ring (bicyclic) bond motifs is 1. The summed E-state index contributed by atoms with van der Waals surface area (Å²) >= 11 is 0.